The summed E-state index contributed by atoms with van der Waals surface area (Å²) < 4.78 is 7.42. The lowest BCUT2D eigenvalue weighted by Crippen LogP contribution is -2.05. The van der Waals surface area contributed by atoms with E-state index in [1.165, 1.54) is 0 Å². The highest BCUT2D eigenvalue weighted by Crippen LogP contribution is 2.16. The van der Waals surface area contributed by atoms with Gasteiger partial charge < -0.3 is 4.74 Å². The van der Waals surface area contributed by atoms with Gasteiger partial charge in [-0.3, -0.25) is 4.68 Å². The van der Waals surface area contributed by atoms with Gasteiger partial charge in [-0.1, -0.05) is 12.1 Å². The summed E-state index contributed by atoms with van der Waals surface area (Å²) in [5.74, 6) is 0.649. The topological polar surface area (TPSA) is 50.8 Å². The number of aryl methyl sites for hydroxylation is 1. The van der Waals surface area contributed by atoms with Crippen LogP contribution in [0.15, 0.2) is 42.7 Å². The third kappa shape index (κ3) is 3.08. The van der Waals surface area contributed by atoms with Gasteiger partial charge in [-0.25, -0.2) is 0 Å². The van der Waals surface area contributed by atoms with Gasteiger partial charge >= 0.3 is 0 Å². The average Bonchev–Trinajstić information content (AvgIpc) is 2.88. The molecule has 4 heteroatoms. The molecule has 1 aromatic carbocycles. The molecule has 0 radical (unpaired) electrons. The van der Waals surface area contributed by atoms with E-state index in [1.807, 2.05) is 35.1 Å². The van der Waals surface area contributed by atoms with Crippen LogP contribution < -0.4 is 4.74 Å². The summed E-state index contributed by atoms with van der Waals surface area (Å²) in [5, 5.41) is 13.0. The van der Waals surface area contributed by atoms with Crippen LogP contribution in [0.25, 0.3) is 0 Å². The van der Waals surface area contributed by atoms with Gasteiger partial charge in [0.15, 0.2) is 0 Å². The number of rotatable bonds is 5. The Morgan fingerprint density at radius 3 is 2.94 bits per heavy atom. The van der Waals surface area contributed by atoms with Crippen molar-refractivity contribution in [1.82, 2.24) is 9.78 Å². The molecule has 0 aliphatic carbocycles. The Morgan fingerprint density at radius 1 is 1.29 bits per heavy atom. The van der Waals surface area contributed by atoms with Crippen molar-refractivity contribution in [2.45, 2.75) is 13.0 Å². The molecular formula is C13H13N3O. The molecule has 86 valence electrons. The molecule has 0 N–H and O–H groups in total. The average molecular weight is 227 g/mol. The number of benzene rings is 1. The fourth-order valence-electron chi connectivity index (χ4n) is 1.53. The molecule has 0 saturated heterocycles. The second kappa shape index (κ2) is 5.71. The number of hydrogen-bond acceptors (Lipinski definition) is 3. The third-order valence-corrected chi connectivity index (χ3v) is 2.36. The van der Waals surface area contributed by atoms with Gasteiger partial charge in [0.05, 0.1) is 12.2 Å². The van der Waals surface area contributed by atoms with Crippen LogP contribution in [0.1, 0.15) is 12.0 Å². The van der Waals surface area contributed by atoms with E-state index in [0.29, 0.717) is 17.9 Å². The van der Waals surface area contributed by atoms with Crippen molar-refractivity contribution in [3.63, 3.8) is 0 Å². The molecule has 0 bridgehead atoms. The lowest BCUT2D eigenvalue weighted by molar-refractivity contribution is 0.298. The molecule has 1 aromatic heterocycles. The van der Waals surface area contributed by atoms with Crippen molar-refractivity contribution in [3.05, 3.63) is 48.3 Å². The number of para-hydroxylation sites is 1. The Kier molecular flexibility index (Phi) is 3.77. The molecule has 2 rings (SSSR count). The summed E-state index contributed by atoms with van der Waals surface area (Å²) in [6, 6.07) is 11.3. The Balaban J connectivity index is 1.80. The first-order valence-corrected chi connectivity index (χ1v) is 5.49. The first-order chi connectivity index (χ1) is 8.40. The predicted molar refractivity (Wildman–Crippen MR) is 63.5 cm³/mol. The van der Waals surface area contributed by atoms with Gasteiger partial charge in [0.1, 0.15) is 11.8 Å². The van der Waals surface area contributed by atoms with Gasteiger partial charge in [-0.05, 0) is 18.2 Å². The van der Waals surface area contributed by atoms with E-state index < -0.39 is 0 Å². The van der Waals surface area contributed by atoms with Crippen LogP contribution >= 0.6 is 0 Å². The predicted octanol–water partition coefficient (Wildman–Crippen LogP) is 2.22. The standard InChI is InChI=1S/C13H13N3O/c14-11-12-5-1-2-6-13(12)17-10-4-9-16-8-3-7-15-16/h1-3,5-8H,4,9-10H2. The fourth-order valence-corrected chi connectivity index (χ4v) is 1.53. The maximum atomic E-state index is 8.88. The number of hydrogen-bond donors (Lipinski definition) is 0. The van der Waals surface area contributed by atoms with Gasteiger partial charge in [0.2, 0.25) is 0 Å². The van der Waals surface area contributed by atoms with Gasteiger partial charge in [0, 0.05) is 25.4 Å². The summed E-state index contributed by atoms with van der Waals surface area (Å²) >= 11 is 0. The summed E-state index contributed by atoms with van der Waals surface area (Å²) in [6.45, 7) is 1.40. The SMILES string of the molecule is N#Cc1ccccc1OCCCn1cccn1. The van der Waals surface area contributed by atoms with Crippen molar-refractivity contribution in [2.24, 2.45) is 0 Å². The highest BCUT2D eigenvalue weighted by atomic mass is 16.5. The highest BCUT2D eigenvalue weighted by molar-refractivity contribution is 5.42. The van der Waals surface area contributed by atoms with Crippen LogP contribution in [-0.4, -0.2) is 16.4 Å². The minimum absolute atomic E-state index is 0.576. The summed E-state index contributed by atoms with van der Waals surface area (Å²) in [7, 11) is 0. The van der Waals surface area contributed by atoms with E-state index in [1.54, 1.807) is 12.3 Å². The summed E-state index contributed by atoms with van der Waals surface area (Å²) in [4.78, 5) is 0. The van der Waals surface area contributed by atoms with Crippen molar-refractivity contribution in [2.75, 3.05) is 6.61 Å². The summed E-state index contributed by atoms with van der Waals surface area (Å²) in [5.41, 5.74) is 0.576. The third-order valence-electron chi connectivity index (χ3n) is 2.36. The summed E-state index contributed by atoms with van der Waals surface area (Å²) in [6.07, 6.45) is 4.54. The zero-order valence-corrected chi connectivity index (χ0v) is 9.41. The first-order valence-electron chi connectivity index (χ1n) is 5.49. The van der Waals surface area contributed by atoms with Gasteiger partial charge in [-0.15, -0.1) is 0 Å². The van der Waals surface area contributed by atoms with E-state index in [2.05, 4.69) is 11.2 Å². The Hall–Kier alpha value is -2.28. The highest BCUT2D eigenvalue weighted by Gasteiger charge is 2.00. The molecule has 1 heterocycles. The smallest absolute Gasteiger partial charge is 0.137 e. The number of nitrogens with zero attached hydrogens (tertiary/aromatic N) is 3. The van der Waals surface area contributed by atoms with Crippen LogP contribution in [0.2, 0.25) is 0 Å². The monoisotopic (exact) mass is 227 g/mol. The molecule has 0 fully saturated rings. The van der Waals surface area contributed by atoms with Crippen LogP contribution in [-0.2, 0) is 6.54 Å². The van der Waals surface area contributed by atoms with Crippen molar-refractivity contribution in [3.8, 4) is 11.8 Å². The van der Waals surface area contributed by atoms with E-state index in [9.17, 15) is 0 Å². The molecule has 0 unspecified atom stereocenters. The molecule has 0 aliphatic rings. The van der Waals surface area contributed by atoms with E-state index in [0.717, 1.165) is 13.0 Å². The normalized spacial score (nSPS) is 9.82. The Labute approximate surface area is 100 Å². The molecule has 0 aliphatic heterocycles. The van der Waals surface area contributed by atoms with Crippen molar-refractivity contribution >= 4 is 0 Å². The van der Waals surface area contributed by atoms with Crippen LogP contribution in [0, 0.1) is 11.3 Å². The van der Waals surface area contributed by atoms with E-state index in [-0.39, 0.29) is 0 Å². The van der Waals surface area contributed by atoms with Gasteiger partial charge in [-0.2, -0.15) is 10.4 Å². The minimum atomic E-state index is 0.576. The van der Waals surface area contributed by atoms with E-state index in [4.69, 9.17) is 10.00 Å². The lowest BCUT2D eigenvalue weighted by atomic mass is 10.2. The molecule has 17 heavy (non-hydrogen) atoms. The van der Waals surface area contributed by atoms with Crippen LogP contribution in [0.3, 0.4) is 0 Å². The molecular weight excluding hydrogens is 214 g/mol. The largest absolute Gasteiger partial charge is 0.492 e. The zero-order chi connectivity index (χ0) is 11.9. The Morgan fingerprint density at radius 2 is 2.18 bits per heavy atom. The number of nitriles is 1. The van der Waals surface area contributed by atoms with Gasteiger partial charge in [0.25, 0.3) is 0 Å². The van der Waals surface area contributed by atoms with Crippen molar-refractivity contribution < 1.29 is 4.74 Å². The maximum Gasteiger partial charge on any atom is 0.137 e. The minimum Gasteiger partial charge on any atom is -0.492 e. The zero-order valence-electron chi connectivity index (χ0n) is 9.41. The van der Waals surface area contributed by atoms with Crippen molar-refractivity contribution in [1.29, 1.82) is 5.26 Å². The van der Waals surface area contributed by atoms with Crippen LogP contribution in [0.4, 0.5) is 0 Å². The molecule has 2 aromatic rings. The molecule has 0 atom stereocenters. The molecule has 0 saturated carbocycles. The quantitative estimate of drug-likeness (QED) is 0.736. The maximum absolute atomic E-state index is 8.88. The first kappa shape index (κ1) is 11.2. The second-order valence-corrected chi connectivity index (χ2v) is 3.58. The van der Waals surface area contributed by atoms with Crippen LogP contribution in [0.5, 0.6) is 5.75 Å². The Bertz CT molecular complexity index is 500. The second-order valence-electron chi connectivity index (χ2n) is 3.58. The number of aromatic nitrogens is 2. The molecule has 4 nitrogen and oxygen atoms in total. The lowest BCUT2D eigenvalue weighted by Gasteiger charge is -2.07. The molecule has 0 spiro atoms. The number of ether oxygens (including phenoxy) is 1. The molecule has 0 amide bonds. The fraction of sp³-hybridized carbons (Fsp3) is 0.231. The van der Waals surface area contributed by atoms with E-state index >= 15 is 0 Å².